The number of fused-ring (bicyclic) bond motifs is 4. The smallest absolute Gasteiger partial charge is 0.155 e. The monoisotopic (exact) mass is 358 g/mol. The normalized spacial score (nSPS) is 15.2. The Morgan fingerprint density at radius 3 is 2.15 bits per heavy atom. The third-order valence-electron chi connectivity index (χ3n) is 4.68. The molecule has 1 atom stereocenters. The quantitative estimate of drug-likeness (QED) is 0.384. The van der Waals surface area contributed by atoms with Crippen LogP contribution in [0.4, 0.5) is 0 Å². The maximum Gasteiger partial charge on any atom is 0.155 e. The number of hydrogen-bond donors (Lipinski definition) is 2. The molecule has 26 heavy (non-hydrogen) atoms. The number of hydrogen-bond acceptors (Lipinski definition) is 3. The third-order valence-corrected chi connectivity index (χ3v) is 6.67. The van der Waals surface area contributed by atoms with Crippen molar-refractivity contribution < 1.29 is 14.7 Å². The molecule has 0 fully saturated rings. The van der Waals surface area contributed by atoms with Crippen LogP contribution in [-0.4, -0.2) is 10.2 Å². The van der Waals surface area contributed by atoms with Crippen LogP contribution in [0.15, 0.2) is 78.9 Å². The first-order valence-corrected chi connectivity index (χ1v) is 9.60. The zero-order valence-corrected chi connectivity index (χ0v) is 14.6. The minimum absolute atomic E-state index is 0.149. The summed E-state index contributed by atoms with van der Waals surface area (Å²) in [5, 5.41) is 24.3. The fraction of sp³-hybridized carbons (Fsp3) is 0. The Labute approximate surface area is 152 Å². The fourth-order valence-corrected chi connectivity index (χ4v) is 5.45. The lowest BCUT2D eigenvalue weighted by molar-refractivity contribution is 0.472. The van der Waals surface area contributed by atoms with Gasteiger partial charge in [-0.3, -0.25) is 0 Å². The molecular formula is C22H15O3P. The standard InChI is InChI=1S/C22H15O3P/c23-18-13-21(22(24)17-10-2-1-7-14(17)18)26-20-12-6-4-9-16(20)15-8-3-5-11-19(15)25-26/h1-13,23-24H. The van der Waals surface area contributed by atoms with Crippen LogP contribution in [0.25, 0.3) is 21.9 Å². The number of phenolic OH excluding ortho intramolecular Hbond substituents is 2. The Bertz CT molecular complexity index is 1150. The van der Waals surface area contributed by atoms with Crippen molar-refractivity contribution >= 4 is 29.5 Å². The number of aromatic hydroxyl groups is 2. The van der Waals surface area contributed by atoms with Crippen molar-refractivity contribution in [2.75, 3.05) is 0 Å². The van der Waals surface area contributed by atoms with Gasteiger partial charge in [0.2, 0.25) is 0 Å². The Kier molecular flexibility index (Phi) is 3.37. The minimum atomic E-state index is -1.29. The van der Waals surface area contributed by atoms with Crippen LogP contribution in [0, 0.1) is 0 Å². The second kappa shape index (κ2) is 5.76. The highest BCUT2D eigenvalue weighted by Gasteiger charge is 2.30. The second-order valence-corrected chi connectivity index (χ2v) is 7.94. The second-order valence-electron chi connectivity index (χ2n) is 6.21. The van der Waals surface area contributed by atoms with E-state index in [1.54, 1.807) is 12.1 Å². The molecule has 4 aromatic rings. The first-order chi connectivity index (χ1) is 12.7. The van der Waals surface area contributed by atoms with Crippen molar-refractivity contribution in [3.8, 4) is 28.4 Å². The molecule has 0 aromatic heterocycles. The zero-order chi connectivity index (χ0) is 17.7. The van der Waals surface area contributed by atoms with Crippen molar-refractivity contribution in [3.05, 3.63) is 78.9 Å². The van der Waals surface area contributed by atoms with E-state index in [4.69, 9.17) is 4.52 Å². The van der Waals surface area contributed by atoms with Crippen LogP contribution >= 0.6 is 8.15 Å². The van der Waals surface area contributed by atoms with Gasteiger partial charge in [0.05, 0.1) is 5.30 Å². The molecule has 5 rings (SSSR count). The maximum atomic E-state index is 10.9. The molecule has 0 saturated carbocycles. The van der Waals surface area contributed by atoms with Gasteiger partial charge in [-0.2, -0.15) is 0 Å². The molecule has 0 amide bonds. The predicted octanol–water partition coefficient (Wildman–Crippen LogP) is 4.66. The van der Waals surface area contributed by atoms with Crippen LogP contribution in [0.3, 0.4) is 0 Å². The number of phenols is 2. The Morgan fingerprint density at radius 2 is 1.31 bits per heavy atom. The maximum absolute atomic E-state index is 10.9. The molecule has 0 saturated heterocycles. The molecule has 126 valence electrons. The number of rotatable bonds is 1. The lowest BCUT2D eigenvalue weighted by atomic mass is 10.0. The van der Waals surface area contributed by atoms with E-state index in [9.17, 15) is 10.2 Å². The van der Waals surface area contributed by atoms with E-state index in [0.29, 0.717) is 16.1 Å². The van der Waals surface area contributed by atoms with E-state index < -0.39 is 8.15 Å². The summed E-state index contributed by atoms with van der Waals surface area (Å²) in [5.41, 5.74) is 2.15. The van der Waals surface area contributed by atoms with Crippen molar-refractivity contribution in [1.29, 1.82) is 0 Å². The van der Waals surface area contributed by atoms with Crippen molar-refractivity contribution in [2.24, 2.45) is 0 Å². The fourth-order valence-electron chi connectivity index (χ4n) is 3.46. The van der Waals surface area contributed by atoms with E-state index in [1.807, 2.05) is 60.7 Å². The summed E-state index contributed by atoms with van der Waals surface area (Å²) in [6, 6.07) is 24.9. The van der Waals surface area contributed by atoms with Gasteiger partial charge in [0.15, 0.2) is 8.15 Å². The van der Waals surface area contributed by atoms with Gasteiger partial charge in [-0.1, -0.05) is 66.7 Å². The van der Waals surface area contributed by atoms with Crippen LogP contribution < -0.4 is 15.1 Å². The molecule has 1 unspecified atom stereocenters. The first-order valence-electron chi connectivity index (χ1n) is 8.34. The highest BCUT2D eigenvalue weighted by Crippen LogP contribution is 2.50. The summed E-state index contributed by atoms with van der Waals surface area (Å²) in [6.45, 7) is 0. The van der Waals surface area contributed by atoms with Crippen LogP contribution in [0.1, 0.15) is 0 Å². The van der Waals surface area contributed by atoms with Gasteiger partial charge >= 0.3 is 0 Å². The van der Waals surface area contributed by atoms with E-state index in [-0.39, 0.29) is 11.5 Å². The summed E-state index contributed by atoms with van der Waals surface area (Å²) in [5.74, 6) is 1.11. The number of para-hydroxylation sites is 1. The molecule has 1 heterocycles. The molecule has 1 aliphatic heterocycles. The molecule has 4 heteroatoms. The Balaban J connectivity index is 1.78. The highest BCUT2D eigenvalue weighted by atomic mass is 31.1. The molecule has 0 spiro atoms. The molecule has 2 N–H and O–H groups in total. The predicted molar refractivity (Wildman–Crippen MR) is 106 cm³/mol. The lowest BCUT2D eigenvalue weighted by Gasteiger charge is -2.29. The molecule has 4 aromatic carbocycles. The van der Waals surface area contributed by atoms with Crippen molar-refractivity contribution in [3.63, 3.8) is 0 Å². The van der Waals surface area contributed by atoms with Gasteiger partial charge in [0.1, 0.15) is 17.2 Å². The first kappa shape index (κ1) is 15.2. The SMILES string of the molecule is Oc1cc(P2Oc3ccccc3-c3ccccc32)c(O)c2ccccc12. The average Bonchev–Trinajstić information content (AvgIpc) is 2.70. The summed E-state index contributed by atoms with van der Waals surface area (Å²) < 4.78 is 6.32. The largest absolute Gasteiger partial charge is 0.507 e. The van der Waals surface area contributed by atoms with Gasteiger partial charge in [0.25, 0.3) is 0 Å². The summed E-state index contributed by atoms with van der Waals surface area (Å²) >= 11 is 0. The van der Waals surface area contributed by atoms with Gasteiger partial charge < -0.3 is 14.7 Å². The van der Waals surface area contributed by atoms with Crippen LogP contribution in [0.2, 0.25) is 0 Å². The van der Waals surface area contributed by atoms with E-state index in [1.165, 1.54) is 0 Å². The highest BCUT2D eigenvalue weighted by molar-refractivity contribution is 7.69. The van der Waals surface area contributed by atoms with E-state index in [0.717, 1.165) is 22.2 Å². The van der Waals surface area contributed by atoms with Crippen molar-refractivity contribution in [2.45, 2.75) is 0 Å². The number of benzene rings is 4. The summed E-state index contributed by atoms with van der Waals surface area (Å²) in [6.07, 6.45) is 0. The van der Waals surface area contributed by atoms with Crippen LogP contribution in [0.5, 0.6) is 17.2 Å². The van der Waals surface area contributed by atoms with Gasteiger partial charge in [-0.05, 0) is 17.7 Å². The molecular weight excluding hydrogens is 343 g/mol. The molecule has 0 aliphatic carbocycles. The van der Waals surface area contributed by atoms with E-state index in [2.05, 4.69) is 6.07 Å². The summed E-state index contributed by atoms with van der Waals surface area (Å²) in [7, 11) is -1.29. The molecule has 1 aliphatic rings. The van der Waals surface area contributed by atoms with Gasteiger partial charge in [-0.15, -0.1) is 0 Å². The van der Waals surface area contributed by atoms with Crippen LogP contribution in [-0.2, 0) is 0 Å². The summed E-state index contributed by atoms with van der Waals surface area (Å²) in [4.78, 5) is 0. The molecule has 3 nitrogen and oxygen atoms in total. The Hall–Kier alpha value is -3.03. The molecule has 0 bridgehead atoms. The minimum Gasteiger partial charge on any atom is -0.507 e. The van der Waals surface area contributed by atoms with Gasteiger partial charge in [0, 0.05) is 21.6 Å². The zero-order valence-electron chi connectivity index (χ0n) is 13.8. The van der Waals surface area contributed by atoms with Crippen molar-refractivity contribution in [1.82, 2.24) is 0 Å². The lowest BCUT2D eigenvalue weighted by Crippen LogP contribution is -2.21. The molecule has 0 radical (unpaired) electrons. The Morgan fingerprint density at radius 1 is 0.654 bits per heavy atom. The average molecular weight is 358 g/mol. The van der Waals surface area contributed by atoms with Gasteiger partial charge in [-0.25, -0.2) is 0 Å². The van der Waals surface area contributed by atoms with E-state index >= 15 is 0 Å². The third kappa shape index (κ3) is 2.18. The topological polar surface area (TPSA) is 49.7 Å².